The minimum absolute atomic E-state index is 0.0198. The second-order valence-electron chi connectivity index (χ2n) is 5.63. The molecule has 1 atom stereocenters. The van der Waals surface area contributed by atoms with Crippen molar-refractivity contribution in [2.45, 2.75) is 26.4 Å². The van der Waals surface area contributed by atoms with Gasteiger partial charge in [0.1, 0.15) is 0 Å². The van der Waals surface area contributed by atoms with Gasteiger partial charge in [-0.2, -0.15) is 0 Å². The topological polar surface area (TPSA) is 65.5 Å². The fourth-order valence-corrected chi connectivity index (χ4v) is 2.58. The molecular formula is C18H22ClN3O2. The third-order valence-electron chi connectivity index (χ3n) is 3.95. The van der Waals surface area contributed by atoms with Crippen molar-refractivity contribution in [1.82, 2.24) is 9.88 Å². The largest absolute Gasteiger partial charge is 0.395 e. The summed E-state index contributed by atoms with van der Waals surface area (Å²) in [6, 6.07) is 8.81. The van der Waals surface area contributed by atoms with Crippen molar-refractivity contribution in [2.24, 2.45) is 0 Å². The van der Waals surface area contributed by atoms with E-state index < -0.39 is 6.04 Å². The number of aromatic nitrogens is 1. The molecule has 5 nitrogen and oxygen atoms in total. The molecule has 0 aliphatic carbocycles. The number of aliphatic hydroxyl groups excluding tert-OH is 1. The molecule has 0 aliphatic heterocycles. The number of carbonyl (C=O) groups is 1. The first kappa shape index (κ1) is 18.4. The van der Waals surface area contributed by atoms with Crippen molar-refractivity contribution in [3.05, 3.63) is 58.9 Å². The first-order chi connectivity index (χ1) is 11.5. The van der Waals surface area contributed by atoms with Gasteiger partial charge in [-0.1, -0.05) is 23.7 Å². The van der Waals surface area contributed by atoms with E-state index in [1.54, 1.807) is 24.5 Å². The van der Waals surface area contributed by atoms with Gasteiger partial charge >= 0.3 is 0 Å². The number of nitrogens with zero attached hydrogens (tertiary/aromatic N) is 2. The summed E-state index contributed by atoms with van der Waals surface area (Å²) in [5, 5.41) is 12.8. The van der Waals surface area contributed by atoms with E-state index in [9.17, 15) is 9.90 Å². The van der Waals surface area contributed by atoms with Crippen LogP contribution in [0.1, 0.15) is 18.1 Å². The highest BCUT2D eigenvalue weighted by molar-refractivity contribution is 6.31. The van der Waals surface area contributed by atoms with Crippen LogP contribution in [0.3, 0.4) is 0 Å². The Morgan fingerprint density at radius 2 is 2.17 bits per heavy atom. The number of anilines is 1. The molecule has 0 spiro atoms. The van der Waals surface area contributed by atoms with Gasteiger partial charge in [-0.3, -0.25) is 14.7 Å². The molecule has 1 heterocycles. The molecule has 128 valence electrons. The van der Waals surface area contributed by atoms with Crippen LogP contribution in [-0.4, -0.2) is 40.1 Å². The molecule has 0 saturated heterocycles. The van der Waals surface area contributed by atoms with Crippen LogP contribution in [0.15, 0.2) is 42.7 Å². The van der Waals surface area contributed by atoms with Crippen molar-refractivity contribution in [3.63, 3.8) is 0 Å². The molecule has 0 saturated carbocycles. The van der Waals surface area contributed by atoms with E-state index in [0.717, 1.165) is 11.1 Å². The monoisotopic (exact) mass is 347 g/mol. The molecule has 1 unspecified atom stereocenters. The smallest absolute Gasteiger partial charge is 0.241 e. The summed E-state index contributed by atoms with van der Waals surface area (Å²) in [6.07, 6.45) is 3.47. The lowest BCUT2D eigenvalue weighted by Crippen LogP contribution is -2.43. The number of halogens is 1. The molecule has 24 heavy (non-hydrogen) atoms. The number of amides is 1. The number of aliphatic hydroxyl groups is 1. The second kappa shape index (κ2) is 8.78. The van der Waals surface area contributed by atoms with Crippen LogP contribution in [-0.2, 0) is 11.3 Å². The molecule has 1 aromatic heterocycles. The van der Waals surface area contributed by atoms with Gasteiger partial charge in [0.25, 0.3) is 0 Å². The highest BCUT2D eigenvalue weighted by Crippen LogP contribution is 2.23. The summed E-state index contributed by atoms with van der Waals surface area (Å²) < 4.78 is 0. The van der Waals surface area contributed by atoms with Gasteiger partial charge in [-0.15, -0.1) is 0 Å². The predicted molar refractivity (Wildman–Crippen MR) is 96.0 cm³/mol. The Balaban J connectivity index is 2.09. The number of pyridine rings is 1. The number of nitrogens with one attached hydrogen (secondary N) is 1. The van der Waals surface area contributed by atoms with E-state index >= 15 is 0 Å². The van der Waals surface area contributed by atoms with E-state index in [1.165, 1.54) is 0 Å². The molecule has 0 fully saturated rings. The average Bonchev–Trinajstić information content (AvgIpc) is 2.59. The maximum absolute atomic E-state index is 12.6. The number of rotatable bonds is 7. The van der Waals surface area contributed by atoms with Gasteiger partial charge in [-0.05, 0) is 43.2 Å². The summed E-state index contributed by atoms with van der Waals surface area (Å²) in [6.45, 7) is 4.61. The predicted octanol–water partition coefficient (Wildman–Crippen LogP) is 2.86. The molecule has 2 N–H and O–H groups in total. The van der Waals surface area contributed by atoms with Crippen LogP contribution >= 0.6 is 11.6 Å². The zero-order valence-electron chi connectivity index (χ0n) is 13.9. The van der Waals surface area contributed by atoms with Crippen LogP contribution in [0.2, 0.25) is 5.02 Å². The quantitative estimate of drug-likeness (QED) is 0.808. The van der Waals surface area contributed by atoms with E-state index in [0.29, 0.717) is 23.8 Å². The Morgan fingerprint density at radius 3 is 2.83 bits per heavy atom. The lowest BCUT2D eigenvalue weighted by molar-refractivity contribution is -0.121. The molecule has 2 aromatic rings. The van der Waals surface area contributed by atoms with Gasteiger partial charge < -0.3 is 10.4 Å². The van der Waals surface area contributed by atoms with Crippen molar-refractivity contribution < 1.29 is 9.90 Å². The fourth-order valence-electron chi connectivity index (χ4n) is 2.41. The first-order valence-corrected chi connectivity index (χ1v) is 8.20. The maximum atomic E-state index is 12.6. The molecule has 6 heteroatoms. The van der Waals surface area contributed by atoms with E-state index in [4.69, 9.17) is 11.6 Å². The SMILES string of the molecule is Cc1c(Cl)cccc1NC(=O)C(C)N(CCO)Cc1cccnc1. The highest BCUT2D eigenvalue weighted by Gasteiger charge is 2.22. The normalized spacial score (nSPS) is 12.2. The Bertz CT molecular complexity index is 679. The molecule has 0 aliphatic rings. The van der Waals surface area contributed by atoms with Crippen LogP contribution in [0.5, 0.6) is 0 Å². The third kappa shape index (κ3) is 4.77. The summed E-state index contributed by atoms with van der Waals surface area (Å²) >= 11 is 6.09. The van der Waals surface area contributed by atoms with Gasteiger partial charge in [0.2, 0.25) is 5.91 Å². The maximum Gasteiger partial charge on any atom is 0.241 e. The minimum Gasteiger partial charge on any atom is -0.395 e. The molecule has 1 aromatic carbocycles. The number of hydrogen-bond acceptors (Lipinski definition) is 4. The van der Waals surface area contributed by atoms with Gasteiger partial charge in [-0.25, -0.2) is 0 Å². The van der Waals surface area contributed by atoms with Crippen LogP contribution in [0, 0.1) is 6.92 Å². The third-order valence-corrected chi connectivity index (χ3v) is 4.36. The summed E-state index contributed by atoms with van der Waals surface area (Å²) in [5.41, 5.74) is 2.52. The number of hydrogen-bond donors (Lipinski definition) is 2. The lowest BCUT2D eigenvalue weighted by Gasteiger charge is -2.27. The standard InChI is InChI=1S/C18H22ClN3O2/c1-13-16(19)6-3-7-17(13)21-18(24)14(2)22(9-10-23)12-15-5-4-8-20-11-15/h3-8,11,14,23H,9-10,12H2,1-2H3,(H,21,24). The summed E-state index contributed by atoms with van der Waals surface area (Å²) in [7, 11) is 0. The number of carbonyl (C=O) groups excluding carboxylic acids is 1. The summed E-state index contributed by atoms with van der Waals surface area (Å²) in [5.74, 6) is -0.141. The molecule has 0 radical (unpaired) electrons. The fraction of sp³-hybridized carbons (Fsp3) is 0.333. The van der Waals surface area contributed by atoms with Crippen molar-refractivity contribution in [2.75, 3.05) is 18.5 Å². The Kier molecular flexibility index (Phi) is 6.73. The van der Waals surface area contributed by atoms with E-state index in [-0.39, 0.29) is 12.5 Å². The van der Waals surface area contributed by atoms with Crippen LogP contribution in [0.25, 0.3) is 0 Å². The lowest BCUT2D eigenvalue weighted by atomic mass is 10.1. The zero-order chi connectivity index (χ0) is 17.5. The Labute approximate surface area is 147 Å². The van der Waals surface area contributed by atoms with Gasteiger partial charge in [0.15, 0.2) is 0 Å². The van der Waals surface area contributed by atoms with Gasteiger partial charge in [0.05, 0.1) is 12.6 Å². The summed E-state index contributed by atoms with van der Waals surface area (Å²) in [4.78, 5) is 18.6. The molecule has 2 rings (SSSR count). The van der Waals surface area contributed by atoms with E-state index in [1.807, 2.05) is 36.9 Å². The Hall–Kier alpha value is -1.95. The van der Waals surface area contributed by atoms with Crippen molar-refractivity contribution >= 4 is 23.2 Å². The minimum atomic E-state index is -0.407. The van der Waals surface area contributed by atoms with Crippen molar-refractivity contribution in [3.8, 4) is 0 Å². The molecular weight excluding hydrogens is 326 g/mol. The van der Waals surface area contributed by atoms with Crippen molar-refractivity contribution in [1.29, 1.82) is 0 Å². The van der Waals surface area contributed by atoms with Gasteiger partial charge in [0, 0.05) is 36.2 Å². The number of benzene rings is 1. The van der Waals surface area contributed by atoms with E-state index in [2.05, 4.69) is 10.3 Å². The van der Waals surface area contributed by atoms with Crippen LogP contribution in [0.4, 0.5) is 5.69 Å². The molecule has 0 bridgehead atoms. The average molecular weight is 348 g/mol. The zero-order valence-corrected chi connectivity index (χ0v) is 14.6. The first-order valence-electron chi connectivity index (χ1n) is 7.82. The molecule has 1 amide bonds. The second-order valence-corrected chi connectivity index (χ2v) is 6.04. The Morgan fingerprint density at radius 1 is 1.38 bits per heavy atom. The highest BCUT2D eigenvalue weighted by atomic mass is 35.5. The van der Waals surface area contributed by atoms with Crippen LogP contribution < -0.4 is 5.32 Å².